The highest BCUT2D eigenvalue weighted by atomic mass is 32.2. The second-order valence-corrected chi connectivity index (χ2v) is 8.60. The van der Waals surface area contributed by atoms with Crippen LogP contribution < -0.4 is 10.2 Å². The Morgan fingerprint density at radius 1 is 1.18 bits per heavy atom. The van der Waals surface area contributed by atoms with Gasteiger partial charge in [-0.3, -0.25) is 9.59 Å². The van der Waals surface area contributed by atoms with Crippen LogP contribution in [0.3, 0.4) is 0 Å². The van der Waals surface area contributed by atoms with Gasteiger partial charge in [-0.1, -0.05) is 13.3 Å². The highest BCUT2D eigenvalue weighted by Gasteiger charge is 2.25. The Morgan fingerprint density at radius 3 is 2.67 bits per heavy atom. The first-order valence-electron chi connectivity index (χ1n) is 9.90. The van der Waals surface area contributed by atoms with Crippen LogP contribution in [0.2, 0.25) is 0 Å². The fraction of sp³-hybridized carbons (Fsp3) is 0.200. The summed E-state index contributed by atoms with van der Waals surface area (Å²) in [5, 5.41) is 4.11. The number of aryl methyl sites for hydroxylation is 1. The molecule has 1 N–H and O–H groups in total. The Hall–Kier alpha value is -4.00. The molecule has 1 amide bonds. The van der Waals surface area contributed by atoms with E-state index >= 15 is 0 Å². The molecule has 0 atom stereocenters. The Balaban J connectivity index is 1.73. The molecule has 1 aromatic carbocycles. The van der Waals surface area contributed by atoms with E-state index in [1.807, 2.05) is 11.6 Å². The SMILES string of the molecule is CCCCc1cc(=O)c(C(=O)NS(=O)(=O)n2cnc3cncnc32)nn1-c1ccc(F)cc1. The monoisotopic (exact) mass is 471 g/mol. The van der Waals surface area contributed by atoms with Crippen molar-refractivity contribution in [3.8, 4) is 5.69 Å². The number of hydrogen-bond donors (Lipinski definition) is 1. The molecule has 4 rings (SSSR count). The summed E-state index contributed by atoms with van der Waals surface area (Å²) in [6, 6.07) is 6.55. The van der Waals surface area contributed by atoms with Crippen molar-refractivity contribution in [3.05, 3.63) is 76.6 Å². The lowest BCUT2D eigenvalue weighted by Gasteiger charge is -2.14. The highest BCUT2D eigenvalue weighted by molar-refractivity contribution is 7.88. The molecule has 0 radical (unpaired) electrons. The van der Waals surface area contributed by atoms with Gasteiger partial charge in [-0.05, 0) is 37.1 Å². The Morgan fingerprint density at radius 2 is 1.94 bits per heavy atom. The van der Waals surface area contributed by atoms with Gasteiger partial charge in [0.05, 0.1) is 11.9 Å². The van der Waals surface area contributed by atoms with Gasteiger partial charge in [0, 0.05) is 11.8 Å². The van der Waals surface area contributed by atoms with Crippen molar-refractivity contribution in [1.29, 1.82) is 0 Å². The predicted molar refractivity (Wildman–Crippen MR) is 116 cm³/mol. The molecule has 0 aliphatic rings. The molecular weight excluding hydrogens is 453 g/mol. The maximum Gasteiger partial charge on any atom is 0.332 e. The minimum absolute atomic E-state index is 0.0445. The summed E-state index contributed by atoms with van der Waals surface area (Å²) in [5.74, 6) is -1.69. The molecule has 0 fully saturated rings. The van der Waals surface area contributed by atoms with Gasteiger partial charge >= 0.3 is 10.2 Å². The van der Waals surface area contributed by atoms with Gasteiger partial charge in [0.1, 0.15) is 24.0 Å². The van der Waals surface area contributed by atoms with E-state index in [2.05, 4.69) is 20.1 Å². The molecule has 0 bridgehead atoms. The molecule has 0 unspecified atom stereocenters. The Labute approximate surface area is 187 Å². The molecule has 0 saturated heterocycles. The van der Waals surface area contributed by atoms with Crippen molar-refractivity contribution in [1.82, 2.24) is 33.4 Å². The smallest absolute Gasteiger partial charge is 0.287 e. The van der Waals surface area contributed by atoms with Gasteiger partial charge in [0.2, 0.25) is 5.43 Å². The third-order valence-electron chi connectivity index (χ3n) is 4.74. The third-order valence-corrected chi connectivity index (χ3v) is 5.97. The van der Waals surface area contributed by atoms with Crippen molar-refractivity contribution in [2.45, 2.75) is 26.2 Å². The first-order chi connectivity index (χ1) is 15.8. The van der Waals surface area contributed by atoms with Crippen LogP contribution in [0.25, 0.3) is 16.9 Å². The number of imidazole rings is 1. The number of nitrogens with one attached hydrogen (secondary N) is 1. The van der Waals surface area contributed by atoms with Crippen LogP contribution in [-0.4, -0.2) is 43.0 Å². The number of halogens is 1. The molecule has 0 spiro atoms. The van der Waals surface area contributed by atoms with E-state index < -0.39 is 33.1 Å². The van der Waals surface area contributed by atoms with E-state index in [9.17, 15) is 22.4 Å². The van der Waals surface area contributed by atoms with Crippen molar-refractivity contribution < 1.29 is 17.6 Å². The number of hydrogen-bond acceptors (Lipinski definition) is 8. The van der Waals surface area contributed by atoms with Gasteiger partial charge in [0.25, 0.3) is 5.91 Å². The molecule has 0 saturated carbocycles. The van der Waals surface area contributed by atoms with Crippen LogP contribution in [0.1, 0.15) is 35.9 Å². The largest absolute Gasteiger partial charge is 0.332 e. The molecule has 3 aromatic heterocycles. The number of carbonyl (C=O) groups excluding carboxylic acids is 1. The zero-order chi connectivity index (χ0) is 23.6. The third kappa shape index (κ3) is 4.48. The average Bonchev–Trinajstić information content (AvgIpc) is 3.23. The number of benzene rings is 1. The molecule has 4 aromatic rings. The Bertz CT molecular complexity index is 1500. The maximum atomic E-state index is 13.4. The second kappa shape index (κ2) is 8.86. The lowest BCUT2D eigenvalue weighted by Crippen LogP contribution is -2.38. The van der Waals surface area contributed by atoms with E-state index in [4.69, 9.17) is 0 Å². The average molecular weight is 471 g/mol. The van der Waals surface area contributed by atoms with Crippen molar-refractivity contribution in [3.63, 3.8) is 0 Å². The number of aromatic nitrogens is 6. The highest BCUT2D eigenvalue weighted by Crippen LogP contribution is 2.13. The molecule has 3 heterocycles. The van der Waals surface area contributed by atoms with Crippen LogP contribution in [0.4, 0.5) is 4.39 Å². The number of unbranched alkanes of at least 4 members (excludes halogenated alkanes) is 1. The summed E-state index contributed by atoms with van der Waals surface area (Å²) in [6.07, 6.45) is 5.49. The maximum absolute atomic E-state index is 13.4. The second-order valence-electron chi connectivity index (χ2n) is 7.05. The van der Waals surface area contributed by atoms with E-state index in [0.29, 0.717) is 21.8 Å². The van der Waals surface area contributed by atoms with E-state index in [1.165, 1.54) is 41.2 Å². The molecule has 13 heteroatoms. The predicted octanol–water partition coefficient (Wildman–Crippen LogP) is 1.38. The normalized spacial score (nSPS) is 11.6. The fourth-order valence-corrected chi connectivity index (χ4v) is 4.10. The topological polar surface area (TPSA) is 142 Å². The number of rotatable bonds is 7. The summed E-state index contributed by atoms with van der Waals surface area (Å²) >= 11 is 0. The van der Waals surface area contributed by atoms with Gasteiger partial charge in [0.15, 0.2) is 11.3 Å². The van der Waals surface area contributed by atoms with Gasteiger partial charge < -0.3 is 0 Å². The molecule has 11 nitrogen and oxygen atoms in total. The zero-order valence-corrected chi connectivity index (χ0v) is 18.2. The number of amides is 1. The van der Waals surface area contributed by atoms with Crippen molar-refractivity contribution >= 4 is 27.3 Å². The lowest BCUT2D eigenvalue weighted by atomic mass is 10.1. The van der Waals surface area contributed by atoms with E-state index in [1.54, 1.807) is 0 Å². The van der Waals surface area contributed by atoms with Crippen molar-refractivity contribution in [2.24, 2.45) is 0 Å². The first-order valence-corrected chi connectivity index (χ1v) is 11.3. The molecule has 170 valence electrons. The van der Waals surface area contributed by atoms with Crippen LogP contribution in [0.5, 0.6) is 0 Å². The number of nitrogens with zero attached hydrogens (tertiary/aromatic N) is 6. The number of carbonyl (C=O) groups is 1. The van der Waals surface area contributed by atoms with Gasteiger partial charge in [-0.15, -0.1) is 0 Å². The van der Waals surface area contributed by atoms with Crippen LogP contribution >= 0.6 is 0 Å². The van der Waals surface area contributed by atoms with Crippen LogP contribution in [0.15, 0.2) is 54.0 Å². The zero-order valence-electron chi connectivity index (χ0n) is 17.3. The minimum atomic E-state index is -4.49. The fourth-order valence-electron chi connectivity index (χ4n) is 3.13. The summed E-state index contributed by atoms with van der Waals surface area (Å²) in [4.78, 5) is 36.9. The quantitative estimate of drug-likeness (QED) is 0.426. The summed E-state index contributed by atoms with van der Waals surface area (Å²) in [5.41, 5.74) is -0.307. The molecule has 0 aliphatic carbocycles. The van der Waals surface area contributed by atoms with Crippen LogP contribution in [0, 0.1) is 5.82 Å². The first kappa shape index (κ1) is 22.2. The van der Waals surface area contributed by atoms with E-state index in [-0.39, 0.29) is 11.2 Å². The molecule has 0 aliphatic heterocycles. The van der Waals surface area contributed by atoms with E-state index in [0.717, 1.165) is 25.5 Å². The summed E-state index contributed by atoms with van der Waals surface area (Å²) in [6.45, 7) is 1.98. The van der Waals surface area contributed by atoms with Gasteiger partial charge in [-0.2, -0.15) is 17.5 Å². The Kier molecular flexibility index (Phi) is 5.96. The summed E-state index contributed by atoms with van der Waals surface area (Å²) in [7, 11) is -4.49. The standard InChI is InChI=1S/C20H18FN7O4S/c1-2-3-4-15-9-17(29)18(25-28(15)14-7-5-13(21)6-8-14)20(30)26-33(31,32)27-12-24-16-10-22-11-23-19(16)27/h5-12H,2-4H2,1H3,(H,26,30). The van der Waals surface area contributed by atoms with Crippen LogP contribution in [-0.2, 0) is 16.6 Å². The molecular formula is C20H18FN7O4S. The van der Waals surface area contributed by atoms with Crippen molar-refractivity contribution in [2.75, 3.05) is 0 Å². The summed E-state index contributed by atoms with van der Waals surface area (Å²) < 4.78 is 42.7. The number of fused-ring (bicyclic) bond motifs is 1. The molecule has 33 heavy (non-hydrogen) atoms. The minimum Gasteiger partial charge on any atom is -0.287 e. The lowest BCUT2D eigenvalue weighted by molar-refractivity contribution is 0.0973. The van der Waals surface area contributed by atoms with Gasteiger partial charge in [-0.25, -0.2) is 28.7 Å².